The van der Waals surface area contributed by atoms with Crippen molar-refractivity contribution in [1.82, 2.24) is 0 Å². The zero-order valence-electron chi connectivity index (χ0n) is 9.56. The molecule has 98 valence electrons. The molecule has 0 aromatic heterocycles. The number of rotatable bonds is 3. The van der Waals surface area contributed by atoms with Crippen LogP contribution < -0.4 is 11.1 Å². The van der Waals surface area contributed by atoms with Crippen LogP contribution in [0.3, 0.4) is 0 Å². The second kappa shape index (κ2) is 4.89. The van der Waals surface area contributed by atoms with Gasteiger partial charge < -0.3 is 11.1 Å². The average Bonchev–Trinajstić information content (AvgIpc) is 2.35. The minimum atomic E-state index is -1.31. The Kier molecular flexibility index (Phi) is 3.28. The van der Waals surface area contributed by atoms with E-state index in [1.54, 1.807) is 12.1 Å². The van der Waals surface area contributed by atoms with E-state index in [2.05, 4.69) is 5.32 Å². The molecule has 0 aliphatic carbocycles. The maximum absolute atomic E-state index is 13.6. The van der Waals surface area contributed by atoms with Crippen molar-refractivity contribution in [2.75, 3.05) is 11.1 Å². The highest BCUT2D eigenvalue weighted by atomic mass is 19.2. The molecular formula is C12H9F2N3O2. The van der Waals surface area contributed by atoms with Crippen LogP contribution in [0.1, 0.15) is 0 Å². The molecule has 0 aliphatic rings. The molecule has 0 aliphatic heterocycles. The molecule has 0 unspecified atom stereocenters. The maximum Gasteiger partial charge on any atom is 0.295 e. The highest BCUT2D eigenvalue weighted by molar-refractivity contribution is 5.71. The predicted octanol–water partition coefficient (Wildman–Crippen LogP) is 3.20. The Morgan fingerprint density at radius 1 is 1.21 bits per heavy atom. The van der Waals surface area contributed by atoms with Gasteiger partial charge in [-0.3, -0.25) is 10.1 Å². The van der Waals surface area contributed by atoms with Crippen LogP contribution in [0.25, 0.3) is 0 Å². The normalized spacial score (nSPS) is 10.2. The monoisotopic (exact) mass is 265 g/mol. The average molecular weight is 265 g/mol. The first kappa shape index (κ1) is 12.7. The van der Waals surface area contributed by atoms with Gasteiger partial charge in [-0.2, -0.15) is 0 Å². The number of benzene rings is 2. The molecule has 0 heterocycles. The summed E-state index contributed by atoms with van der Waals surface area (Å²) in [5.41, 5.74) is 5.17. The smallest absolute Gasteiger partial charge is 0.295 e. The van der Waals surface area contributed by atoms with Crippen LogP contribution >= 0.6 is 0 Å². The first-order chi connectivity index (χ1) is 8.99. The van der Waals surface area contributed by atoms with Crippen molar-refractivity contribution in [1.29, 1.82) is 0 Å². The van der Waals surface area contributed by atoms with Crippen LogP contribution in [-0.2, 0) is 0 Å². The Labute approximate surface area is 106 Å². The fourth-order valence-corrected chi connectivity index (χ4v) is 1.57. The van der Waals surface area contributed by atoms with Gasteiger partial charge in [-0.1, -0.05) is 6.07 Å². The summed E-state index contributed by atoms with van der Waals surface area (Å²) >= 11 is 0. The van der Waals surface area contributed by atoms with Gasteiger partial charge in [0, 0.05) is 17.4 Å². The van der Waals surface area contributed by atoms with Crippen molar-refractivity contribution in [2.45, 2.75) is 0 Å². The molecule has 0 saturated carbocycles. The lowest BCUT2D eigenvalue weighted by atomic mass is 10.2. The molecule has 0 spiro atoms. The lowest BCUT2D eigenvalue weighted by molar-refractivity contribution is -0.384. The quantitative estimate of drug-likeness (QED) is 0.507. The minimum absolute atomic E-state index is 0.326. The standard InChI is InChI=1S/C12H9F2N3O2/c13-9-4-5-10(17(18)19)12(11(9)14)16-8-3-1-2-7(15)6-8/h1-6,16H,15H2. The third-order valence-corrected chi connectivity index (χ3v) is 2.43. The van der Waals surface area contributed by atoms with Crippen molar-refractivity contribution in [3.63, 3.8) is 0 Å². The Hall–Kier alpha value is -2.70. The van der Waals surface area contributed by atoms with Crippen molar-refractivity contribution in [3.05, 3.63) is 58.1 Å². The first-order valence-corrected chi connectivity index (χ1v) is 5.24. The van der Waals surface area contributed by atoms with Gasteiger partial charge >= 0.3 is 0 Å². The number of hydrogen-bond acceptors (Lipinski definition) is 4. The third kappa shape index (κ3) is 2.59. The number of nitrogen functional groups attached to an aromatic ring is 1. The fraction of sp³-hybridized carbons (Fsp3) is 0. The molecule has 3 N–H and O–H groups in total. The molecule has 5 nitrogen and oxygen atoms in total. The summed E-state index contributed by atoms with van der Waals surface area (Å²) in [5.74, 6) is -2.48. The van der Waals surface area contributed by atoms with Crippen LogP contribution in [0.2, 0.25) is 0 Å². The number of nitrogens with two attached hydrogens (primary N) is 1. The Bertz CT molecular complexity index is 647. The zero-order chi connectivity index (χ0) is 14.0. The zero-order valence-corrected chi connectivity index (χ0v) is 9.56. The van der Waals surface area contributed by atoms with Gasteiger partial charge in [0.25, 0.3) is 5.69 Å². The Morgan fingerprint density at radius 3 is 2.58 bits per heavy atom. The second-order valence-corrected chi connectivity index (χ2v) is 3.76. The largest absolute Gasteiger partial charge is 0.399 e. The molecule has 0 amide bonds. The van der Waals surface area contributed by atoms with E-state index < -0.39 is 27.9 Å². The van der Waals surface area contributed by atoms with E-state index >= 15 is 0 Å². The molecule has 7 heteroatoms. The van der Waals surface area contributed by atoms with Crippen LogP contribution in [-0.4, -0.2) is 4.92 Å². The fourth-order valence-electron chi connectivity index (χ4n) is 1.57. The summed E-state index contributed by atoms with van der Waals surface area (Å²) in [4.78, 5) is 10.00. The number of nitrogens with zero attached hydrogens (tertiary/aromatic N) is 1. The first-order valence-electron chi connectivity index (χ1n) is 5.24. The lowest BCUT2D eigenvalue weighted by Crippen LogP contribution is -2.02. The second-order valence-electron chi connectivity index (χ2n) is 3.76. The number of nitro groups is 1. The third-order valence-electron chi connectivity index (χ3n) is 2.43. The van der Waals surface area contributed by atoms with Crippen LogP contribution in [0.15, 0.2) is 36.4 Å². The van der Waals surface area contributed by atoms with E-state index in [0.717, 1.165) is 6.07 Å². The number of nitro benzene ring substituents is 1. The van der Waals surface area contributed by atoms with E-state index in [1.807, 2.05) is 0 Å². The molecule has 0 bridgehead atoms. The summed E-state index contributed by atoms with van der Waals surface area (Å²) < 4.78 is 26.8. The van der Waals surface area contributed by atoms with Crippen LogP contribution in [0, 0.1) is 21.7 Å². The van der Waals surface area contributed by atoms with Gasteiger partial charge in [-0.15, -0.1) is 0 Å². The SMILES string of the molecule is Nc1cccc(Nc2c([N+](=O)[O-])ccc(F)c2F)c1. The summed E-state index contributed by atoms with van der Waals surface area (Å²) in [6.45, 7) is 0. The molecule has 0 radical (unpaired) electrons. The van der Waals surface area contributed by atoms with E-state index in [9.17, 15) is 18.9 Å². The van der Waals surface area contributed by atoms with Gasteiger partial charge in [0.2, 0.25) is 0 Å². The number of anilines is 3. The molecule has 19 heavy (non-hydrogen) atoms. The van der Waals surface area contributed by atoms with Gasteiger partial charge in [-0.25, -0.2) is 8.78 Å². The summed E-state index contributed by atoms with van der Waals surface area (Å²) in [5, 5.41) is 13.3. The molecule has 2 aromatic carbocycles. The molecule has 2 aromatic rings. The summed E-state index contributed by atoms with van der Waals surface area (Å²) in [6, 6.07) is 7.77. The Balaban J connectivity index is 2.49. The van der Waals surface area contributed by atoms with E-state index in [1.165, 1.54) is 12.1 Å². The Morgan fingerprint density at radius 2 is 1.95 bits per heavy atom. The van der Waals surface area contributed by atoms with E-state index in [0.29, 0.717) is 17.4 Å². The molecular weight excluding hydrogens is 256 g/mol. The topological polar surface area (TPSA) is 81.2 Å². The number of halogens is 2. The lowest BCUT2D eigenvalue weighted by Gasteiger charge is -2.09. The van der Waals surface area contributed by atoms with Gasteiger partial charge in [0.15, 0.2) is 17.3 Å². The molecule has 2 rings (SSSR count). The maximum atomic E-state index is 13.6. The molecule has 0 fully saturated rings. The highest BCUT2D eigenvalue weighted by Crippen LogP contribution is 2.32. The predicted molar refractivity (Wildman–Crippen MR) is 67.1 cm³/mol. The molecule has 0 saturated heterocycles. The van der Waals surface area contributed by atoms with Crippen molar-refractivity contribution >= 4 is 22.7 Å². The summed E-state index contributed by atoms with van der Waals surface area (Å²) in [7, 11) is 0. The minimum Gasteiger partial charge on any atom is -0.399 e. The van der Waals surface area contributed by atoms with Crippen molar-refractivity contribution < 1.29 is 13.7 Å². The van der Waals surface area contributed by atoms with Gasteiger partial charge in [0.05, 0.1) is 4.92 Å². The number of hydrogen-bond donors (Lipinski definition) is 2. The molecule has 0 atom stereocenters. The highest BCUT2D eigenvalue weighted by Gasteiger charge is 2.21. The summed E-state index contributed by atoms with van der Waals surface area (Å²) in [6.07, 6.45) is 0. The van der Waals surface area contributed by atoms with Crippen molar-refractivity contribution in [2.24, 2.45) is 0 Å². The van der Waals surface area contributed by atoms with Crippen LogP contribution in [0.5, 0.6) is 0 Å². The van der Waals surface area contributed by atoms with Crippen molar-refractivity contribution in [3.8, 4) is 0 Å². The number of nitrogens with one attached hydrogen (secondary N) is 1. The van der Waals surface area contributed by atoms with Crippen LogP contribution in [0.4, 0.5) is 31.5 Å². The van der Waals surface area contributed by atoms with E-state index in [4.69, 9.17) is 5.73 Å². The van der Waals surface area contributed by atoms with Gasteiger partial charge in [0.1, 0.15) is 0 Å². The van der Waals surface area contributed by atoms with E-state index in [-0.39, 0.29) is 0 Å². The van der Waals surface area contributed by atoms with Gasteiger partial charge in [-0.05, 0) is 24.3 Å².